The second kappa shape index (κ2) is 5.56. The summed E-state index contributed by atoms with van der Waals surface area (Å²) >= 11 is 0. The Hall–Kier alpha value is -2.36. The molecule has 3 nitrogen and oxygen atoms in total. The molecule has 0 saturated carbocycles. The SMILES string of the molecule is Nc1ccc(C(=O)OC2CCCc3ccccc32)c(F)c1. The number of esters is 1. The first-order chi connectivity index (χ1) is 10.1. The lowest BCUT2D eigenvalue weighted by atomic mass is 9.89. The maximum Gasteiger partial charge on any atom is 0.341 e. The number of aryl methyl sites for hydroxylation is 1. The summed E-state index contributed by atoms with van der Waals surface area (Å²) in [5.74, 6) is -1.29. The molecule has 2 aromatic carbocycles. The Morgan fingerprint density at radius 3 is 2.86 bits per heavy atom. The largest absolute Gasteiger partial charge is 0.454 e. The molecule has 21 heavy (non-hydrogen) atoms. The molecular formula is C17H16FNO2. The number of rotatable bonds is 2. The number of hydrogen-bond acceptors (Lipinski definition) is 3. The van der Waals surface area contributed by atoms with Crippen LogP contribution in [0.2, 0.25) is 0 Å². The Balaban J connectivity index is 1.83. The zero-order valence-electron chi connectivity index (χ0n) is 11.5. The van der Waals surface area contributed by atoms with Gasteiger partial charge in [0.05, 0.1) is 5.56 Å². The zero-order chi connectivity index (χ0) is 14.8. The van der Waals surface area contributed by atoms with E-state index in [1.54, 1.807) is 0 Å². The quantitative estimate of drug-likeness (QED) is 0.677. The zero-order valence-corrected chi connectivity index (χ0v) is 11.5. The summed E-state index contributed by atoms with van der Waals surface area (Å²) in [6.07, 6.45) is 2.40. The normalized spacial score (nSPS) is 17.1. The van der Waals surface area contributed by atoms with Crippen molar-refractivity contribution >= 4 is 11.7 Å². The van der Waals surface area contributed by atoms with Gasteiger partial charge in [-0.05, 0) is 48.6 Å². The van der Waals surface area contributed by atoms with Gasteiger partial charge in [0, 0.05) is 5.69 Å². The fourth-order valence-corrected chi connectivity index (χ4v) is 2.72. The number of carbonyl (C=O) groups is 1. The Labute approximate surface area is 122 Å². The highest BCUT2D eigenvalue weighted by atomic mass is 19.1. The summed E-state index contributed by atoms with van der Waals surface area (Å²) in [5, 5.41) is 0. The molecule has 0 spiro atoms. The molecule has 3 rings (SSSR count). The van der Waals surface area contributed by atoms with Crippen LogP contribution in [-0.2, 0) is 11.2 Å². The van der Waals surface area contributed by atoms with E-state index in [1.165, 1.54) is 17.7 Å². The van der Waals surface area contributed by atoms with E-state index in [0.717, 1.165) is 30.9 Å². The van der Waals surface area contributed by atoms with Crippen molar-refractivity contribution < 1.29 is 13.9 Å². The second-order valence-corrected chi connectivity index (χ2v) is 5.22. The van der Waals surface area contributed by atoms with Gasteiger partial charge in [0.2, 0.25) is 0 Å². The van der Waals surface area contributed by atoms with Gasteiger partial charge in [0.1, 0.15) is 11.9 Å². The minimum atomic E-state index is -0.649. The molecule has 1 aliphatic rings. The fourth-order valence-electron chi connectivity index (χ4n) is 2.72. The van der Waals surface area contributed by atoms with E-state index in [1.807, 2.05) is 24.3 Å². The topological polar surface area (TPSA) is 52.3 Å². The van der Waals surface area contributed by atoms with Gasteiger partial charge in [-0.15, -0.1) is 0 Å². The van der Waals surface area contributed by atoms with E-state index in [9.17, 15) is 9.18 Å². The van der Waals surface area contributed by atoms with Gasteiger partial charge in [0.15, 0.2) is 0 Å². The van der Waals surface area contributed by atoms with Crippen molar-refractivity contribution in [3.05, 3.63) is 65.0 Å². The van der Waals surface area contributed by atoms with Crippen molar-refractivity contribution in [2.24, 2.45) is 0 Å². The van der Waals surface area contributed by atoms with E-state index in [2.05, 4.69) is 0 Å². The lowest BCUT2D eigenvalue weighted by Crippen LogP contribution is -2.17. The predicted octanol–water partition coefficient (Wildman–Crippen LogP) is 3.64. The molecule has 0 saturated heterocycles. The van der Waals surface area contributed by atoms with Gasteiger partial charge in [-0.2, -0.15) is 0 Å². The third-order valence-electron chi connectivity index (χ3n) is 3.78. The number of carbonyl (C=O) groups excluding carboxylic acids is 1. The molecule has 1 atom stereocenters. The number of anilines is 1. The van der Waals surface area contributed by atoms with Crippen LogP contribution in [0, 0.1) is 5.82 Å². The molecule has 0 amide bonds. The van der Waals surface area contributed by atoms with Gasteiger partial charge < -0.3 is 10.5 Å². The van der Waals surface area contributed by atoms with Crippen molar-refractivity contribution in [3.63, 3.8) is 0 Å². The highest BCUT2D eigenvalue weighted by Gasteiger charge is 2.24. The van der Waals surface area contributed by atoms with Crippen LogP contribution < -0.4 is 5.73 Å². The average molecular weight is 285 g/mol. The second-order valence-electron chi connectivity index (χ2n) is 5.22. The van der Waals surface area contributed by atoms with E-state index in [4.69, 9.17) is 10.5 Å². The number of nitrogen functional groups attached to an aromatic ring is 1. The van der Waals surface area contributed by atoms with E-state index in [-0.39, 0.29) is 17.4 Å². The molecule has 0 aromatic heterocycles. The number of hydrogen-bond donors (Lipinski definition) is 1. The highest BCUT2D eigenvalue weighted by Crippen LogP contribution is 2.33. The Morgan fingerprint density at radius 1 is 1.24 bits per heavy atom. The minimum Gasteiger partial charge on any atom is -0.454 e. The van der Waals surface area contributed by atoms with Gasteiger partial charge in [0.25, 0.3) is 0 Å². The minimum absolute atomic E-state index is 0.0766. The van der Waals surface area contributed by atoms with Crippen LogP contribution in [0.1, 0.15) is 40.4 Å². The Bertz CT molecular complexity index is 684. The summed E-state index contributed by atoms with van der Waals surface area (Å²) in [6.45, 7) is 0. The van der Waals surface area contributed by atoms with Gasteiger partial charge in [-0.1, -0.05) is 24.3 Å². The van der Waals surface area contributed by atoms with Crippen LogP contribution >= 0.6 is 0 Å². The molecule has 2 aromatic rings. The maximum absolute atomic E-state index is 13.8. The third kappa shape index (κ3) is 2.75. The summed E-state index contributed by atoms with van der Waals surface area (Å²) in [4.78, 5) is 12.2. The lowest BCUT2D eigenvalue weighted by Gasteiger charge is -2.25. The third-order valence-corrected chi connectivity index (χ3v) is 3.78. The molecule has 0 fully saturated rings. The Kier molecular flexibility index (Phi) is 3.60. The molecule has 108 valence electrons. The molecule has 4 heteroatoms. The molecule has 2 N–H and O–H groups in total. The van der Waals surface area contributed by atoms with Crippen molar-refractivity contribution in [2.75, 3.05) is 5.73 Å². The van der Waals surface area contributed by atoms with E-state index >= 15 is 0 Å². The summed E-state index contributed by atoms with van der Waals surface area (Å²) in [6, 6.07) is 11.9. The first-order valence-electron chi connectivity index (χ1n) is 6.99. The Morgan fingerprint density at radius 2 is 2.05 bits per heavy atom. The van der Waals surface area contributed by atoms with Crippen LogP contribution in [0.4, 0.5) is 10.1 Å². The molecular weight excluding hydrogens is 269 g/mol. The smallest absolute Gasteiger partial charge is 0.341 e. The van der Waals surface area contributed by atoms with Crippen LogP contribution in [0.3, 0.4) is 0 Å². The van der Waals surface area contributed by atoms with Crippen LogP contribution in [-0.4, -0.2) is 5.97 Å². The predicted molar refractivity (Wildman–Crippen MR) is 78.3 cm³/mol. The van der Waals surface area contributed by atoms with Crippen molar-refractivity contribution in [1.82, 2.24) is 0 Å². The molecule has 1 aliphatic carbocycles. The van der Waals surface area contributed by atoms with Crippen molar-refractivity contribution in [3.8, 4) is 0 Å². The fraction of sp³-hybridized carbons (Fsp3) is 0.235. The average Bonchev–Trinajstić information content (AvgIpc) is 2.47. The van der Waals surface area contributed by atoms with Gasteiger partial charge >= 0.3 is 5.97 Å². The van der Waals surface area contributed by atoms with E-state index in [0.29, 0.717) is 0 Å². The standard InChI is InChI=1S/C17H16FNO2/c18-15-10-12(19)8-9-14(15)17(20)21-16-7-3-5-11-4-1-2-6-13(11)16/h1-2,4,6,8-10,16H,3,5,7,19H2. The number of ether oxygens (including phenoxy) is 1. The van der Waals surface area contributed by atoms with Crippen LogP contribution in [0.5, 0.6) is 0 Å². The highest BCUT2D eigenvalue weighted by molar-refractivity contribution is 5.90. The maximum atomic E-state index is 13.8. The molecule has 0 radical (unpaired) electrons. The van der Waals surface area contributed by atoms with E-state index < -0.39 is 11.8 Å². The van der Waals surface area contributed by atoms with Gasteiger partial charge in [-0.25, -0.2) is 9.18 Å². The molecule has 0 heterocycles. The number of fused-ring (bicyclic) bond motifs is 1. The monoisotopic (exact) mass is 285 g/mol. The van der Waals surface area contributed by atoms with Crippen LogP contribution in [0.15, 0.2) is 42.5 Å². The lowest BCUT2D eigenvalue weighted by molar-refractivity contribution is 0.0251. The molecule has 0 aliphatic heterocycles. The van der Waals surface area contributed by atoms with Gasteiger partial charge in [-0.3, -0.25) is 0 Å². The van der Waals surface area contributed by atoms with Crippen molar-refractivity contribution in [2.45, 2.75) is 25.4 Å². The number of halogens is 1. The molecule has 0 bridgehead atoms. The summed E-state index contributed by atoms with van der Waals surface area (Å²) < 4.78 is 19.3. The first kappa shape index (κ1) is 13.6. The molecule has 1 unspecified atom stereocenters. The van der Waals surface area contributed by atoms with Crippen LogP contribution in [0.25, 0.3) is 0 Å². The van der Waals surface area contributed by atoms with Crippen molar-refractivity contribution in [1.29, 1.82) is 0 Å². The number of benzene rings is 2. The summed E-state index contributed by atoms with van der Waals surface area (Å²) in [7, 11) is 0. The first-order valence-corrected chi connectivity index (χ1v) is 6.99. The number of nitrogens with two attached hydrogens (primary N) is 1. The summed E-state index contributed by atoms with van der Waals surface area (Å²) in [5.41, 5.74) is 7.91.